The van der Waals surface area contributed by atoms with Crippen molar-refractivity contribution in [3.8, 4) is 0 Å². The number of hydrogen-bond acceptors (Lipinski definition) is 4. The molecule has 2 N–H and O–H groups in total. The summed E-state index contributed by atoms with van der Waals surface area (Å²) < 4.78 is 6.19. The Kier molecular flexibility index (Phi) is 5.96. The fraction of sp³-hybridized carbons (Fsp3) is 0.345. The van der Waals surface area contributed by atoms with Crippen molar-refractivity contribution in [3.05, 3.63) is 93.8 Å². The van der Waals surface area contributed by atoms with Gasteiger partial charge in [0.25, 0.3) is 0 Å². The number of H-pyrrole nitrogens is 1. The first-order valence-electron chi connectivity index (χ1n) is 12.4. The molecule has 0 radical (unpaired) electrons. The molecule has 0 bridgehead atoms. The van der Waals surface area contributed by atoms with E-state index in [1.165, 1.54) is 27.7 Å². The molecule has 2 aliphatic rings. The third-order valence-corrected chi connectivity index (χ3v) is 8.77. The molecule has 1 aliphatic heterocycles. The van der Waals surface area contributed by atoms with E-state index in [1.807, 2.05) is 17.5 Å². The van der Waals surface area contributed by atoms with Crippen molar-refractivity contribution in [3.63, 3.8) is 0 Å². The van der Waals surface area contributed by atoms with Crippen LogP contribution in [0.4, 0.5) is 0 Å². The molecule has 2 atom stereocenters. The van der Waals surface area contributed by atoms with Gasteiger partial charge in [-0.1, -0.05) is 48.5 Å². The topological polar surface area (TPSA) is 57.4 Å². The zero-order valence-electron chi connectivity index (χ0n) is 20.0. The molecule has 3 heterocycles. The van der Waals surface area contributed by atoms with E-state index in [0.717, 1.165) is 37.4 Å². The summed E-state index contributed by atoms with van der Waals surface area (Å²) in [7, 11) is 1.80. The number of nitrogens with one attached hydrogen (secondary N) is 2. The number of benzene rings is 2. The average molecular weight is 486 g/mol. The van der Waals surface area contributed by atoms with Crippen LogP contribution in [-0.4, -0.2) is 42.1 Å². The summed E-state index contributed by atoms with van der Waals surface area (Å²) in [4.78, 5) is 20.2. The van der Waals surface area contributed by atoms with Crippen LogP contribution in [0.5, 0.6) is 0 Å². The van der Waals surface area contributed by atoms with Crippen LogP contribution in [0.15, 0.2) is 72.1 Å². The molecule has 4 aromatic rings. The number of thiophene rings is 1. The van der Waals surface area contributed by atoms with Crippen LogP contribution in [0.25, 0.3) is 10.9 Å². The minimum atomic E-state index is -0.121. The van der Waals surface area contributed by atoms with Crippen molar-refractivity contribution in [2.75, 3.05) is 20.2 Å². The zero-order chi connectivity index (χ0) is 23.8. The lowest BCUT2D eigenvalue weighted by Gasteiger charge is -2.44. The molecular formula is C29H31N3O2S. The molecule has 1 saturated heterocycles. The van der Waals surface area contributed by atoms with Gasteiger partial charge in [-0.25, -0.2) is 0 Å². The maximum absolute atomic E-state index is 13.0. The van der Waals surface area contributed by atoms with Gasteiger partial charge in [0.1, 0.15) is 0 Å². The molecule has 0 saturated carbocycles. The Morgan fingerprint density at radius 2 is 1.91 bits per heavy atom. The van der Waals surface area contributed by atoms with Crippen LogP contribution < -0.4 is 5.32 Å². The van der Waals surface area contributed by atoms with Crippen LogP contribution in [0.2, 0.25) is 0 Å². The Balaban J connectivity index is 1.20. The number of ether oxygens (including phenoxy) is 1. The summed E-state index contributed by atoms with van der Waals surface area (Å²) in [5.74, 6) is 0.0580. The monoisotopic (exact) mass is 485 g/mol. The number of likely N-dealkylation sites (tertiary alicyclic amines) is 1. The van der Waals surface area contributed by atoms with E-state index in [1.54, 1.807) is 18.4 Å². The van der Waals surface area contributed by atoms with Crippen molar-refractivity contribution in [2.45, 2.75) is 43.4 Å². The minimum absolute atomic E-state index is 0.0580. The van der Waals surface area contributed by atoms with Crippen molar-refractivity contribution in [1.82, 2.24) is 15.2 Å². The summed E-state index contributed by atoms with van der Waals surface area (Å²) in [6, 6.07) is 23.2. The summed E-state index contributed by atoms with van der Waals surface area (Å²) in [5, 5.41) is 6.62. The predicted molar refractivity (Wildman–Crippen MR) is 141 cm³/mol. The largest absolute Gasteiger partial charge is 0.378 e. The number of nitrogens with zero attached hydrogens (tertiary/aromatic N) is 1. The molecule has 1 spiro atoms. The van der Waals surface area contributed by atoms with Crippen molar-refractivity contribution < 1.29 is 9.53 Å². The number of carbonyl (C=O) groups excluding carboxylic acids is 1. The van der Waals surface area contributed by atoms with Gasteiger partial charge in [-0.3, -0.25) is 9.69 Å². The molecule has 0 unspecified atom stereocenters. The maximum atomic E-state index is 13.0. The number of rotatable bonds is 6. The van der Waals surface area contributed by atoms with Gasteiger partial charge in [0.05, 0.1) is 18.6 Å². The molecule has 1 amide bonds. The van der Waals surface area contributed by atoms with Crippen LogP contribution in [0.3, 0.4) is 0 Å². The Labute approximate surface area is 210 Å². The Morgan fingerprint density at radius 1 is 1.11 bits per heavy atom. The van der Waals surface area contributed by atoms with E-state index in [0.29, 0.717) is 6.42 Å². The molecule has 1 aliphatic carbocycles. The van der Waals surface area contributed by atoms with Crippen LogP contribution in [0.1, 0.15) is 40.6 Å². The molecule has 2 aromatic carbocycles. The smallest absolute Gasteiger partial charge is 0.225 e. The lowest BCUT2D eigenvalue weighted by Crippen LogP contribution is -2.50. The normalized spacial score (nSPS) is 21.4. The number of aromatic nitrogens is 1. The van der Waals surface area contributed by atoms with Gasteiger partial charge in [-0.05, 0) is 66.0 Å². The lowest BCUT2D eigenvalue weighted by molar-refractivity contribution is -0.122. The number of para-hydroxylation sites is 1. The van der Waals surface area contributed by atoms with Crippen molar-refractivity contribution in [2.24, 2.45) is 0 Å². The summed E-state index contributed by atoms with van der Waals surface area (Å²) in [6.07, 6.45) is 2.38. The Hall–Kier alpha value is -2.93. The van der Waals surface area contributed by atoms with Crippen molar-refractivity contribution >= 4 is 28.1 Å². The number of carbonyl (C=O) groups is 1. The van der Waals surface area contributed by atoms with Gasteiger partial charge < -0.3 is 15.0 Å². The first-order chi connectivity index (χ1) is 17.2. The van der Waals surface area contributed by atoms with Crippen LogP contribution in [-0.2, 0) is 27.9 Å². The van der Waals surface area contributed by atoms with E-state index in [4.69, 9.17) is 4.74 Å². The van der Waals surface area contributed by atoms with Gasteiger partial charge in [0.15, 0.2) is 0 Å². The van der Waals surface area contributed by atoms with Gasteiger partial charge in [0.2, 0.25) is 5.91 Å². The SMILES string of the molecule is CO[C@H]1[C@H](NC(=O)Cc2cccs2)c2ccccc2C12CCN(Cc1cc3ccccc3[nH]1)CC2. The zero-order valence-corrected chi connectivity index (χ0v) is 20.8. The standard InChI is InChI=1S/C29H31N3O2S/c1-34-28-27(31-26(33)18-22-8-6-16-35-22)23-9-3-4-10-24(23)29(28)12-14-32(15-13-29)19-21-17-20-7-2-5-11-25(20)30-21/h2-11,16-17,27-28,30H,12-15,18-19H2,1H3,(H,31,33)/t27-,28+/m1/s1. The Morgan fingerprint density at radius 3 is 2.69 bits per heavy atom. The second-order valence-corrected chi connectivity index (χ2v) is 10.9. The number of aromatic amines is 1. The molecular weight excluding hydrogens is 454 g/mol. The molecule has 180 valence electrons. The molecule has 1 fully saturated rings. The molecule has 2 aromatic heterocycles. The molecule has 6 rings (SSSR count). The highest BCUT2D eigenvalue weighted by atomic mass is 32.1. The molecule has 6 heteroatoms. The fourth-order valence-electron chi connectivity index (χ4n) is 6.29. The van der Waals surface area contributed by atoms with Gasteiger partial charge in [-0.2, -0.15) is 0 Å². The van der Waals surface area contributed by atoms with Gasteiger partial charge >= 0.3 is 0 Å². The van der Waals surface area contributed by atoms with E-state index < -0.39 is 0 Å². The maximum Gasteiger partial charge on any atom is 0.225 e. The second-order valence-electron chi connectivity index (χ2n) is 9.86. The van der Waals surface area contributed by atoms with E-state index in [2.05, 4.69) is 69.8 Å². The first-order valence-corrected chi connectivity index (χ1v) is 13.3. The third-order valence-electron chi connectivity index (χ3n) is 7.89. The number of hydrogen-bond donors (Lipinski definition) is 2. The minimum Gasteiger partial charge on any atom is -0.378 e. The highest BCUT2D eigenvalue weighted by Crippen LogP contribution is 2.52. The number of fused-ring (bicyclic) bond motifs is 3. The fourth-order valence-corrected chi connectivity index (χ4v) is 7.00. The average Bonchev–Trinajstić information content (AvgIpc) is 3.59. The van der Waals surface area contributed by atoms with E-state index >= 15 is 0 Å². The quantitative estimate of drug-likeness (QED) is 0.395. The third kappa shape index (κ3) is 4.10. The highest BCUT2D eigenvalue weighted by molar-refractivity contribution is 7.10. The van der Waals surface area contributed by atoms with Crippen molar-refractivity contribution in [1.29, 1.82) is 0 Å². The summed E-state index contributed by atoms with van der Waals surface area (Å²) >= 11 is 1.62. The number of piperidine rings is 1. The Bertz CT molecular complexity index is 1290. The number of methoxy groups -OCH3 is 1. The lowest BCUT2D eigenvalue weighted by atomic mass is 9.72. The first kappa shape index (κ1) is 22.5. The second kappa shape index (κ2) is 9.26. The van der Waals surface area contributed by atoms with E-state index in [-0.39, 0.29) is 23.5 Å². The summed E-state index contributed by atoms with van der Waals surface area (Å²) in [6.45, 7) is 2.92. The van der Waals surface area contributed by atoms with E-state index in [9.17, 15) is 4.79 Å². The summed E-state index contributed by atoms with van der Waals surface area (Å²) in [5.41, 5.74) is 4.93. The molecule has 35 heavy (non-hydrogen) atoms. The predicted octanol–water partition coefficient (Wildman–Crippen LogP) is 5.19. The van der Waals surface area contributed by atoms with Gasteiger partial charge in [0, 0.05) is 35.2 Å². The highest BCUT2D eigenvalue weighted by Gasteiger charge is 2.53. The van der Waals surface area contributed by atoms with Crippen LogP contribution >= 0.6 is 11.3 Å². The number of amides is 1. The van der Waals surface area contributed by atoms with Crippen LogP contribution in [0, 0.1) is 0 Å². The molecule has 5 nitrogen and oxygen atoms in total. The van der Waals surface area contributed by atoms with Gasteiger partial charge in [-0.15, -0.1) is 11.3 Å².